The molecular formula is C9H15N3O6. The number of aliphatic hydroxyl groups is 3. The quantitative estimate of drug-likeness (QED) is 0.338. The third-order valence-corrected chi connectivity index (χ3v) is 2.98. The Balaban J connectivity index is 2.32. The molecule has 1 unspecified atom stereocenters. The predicted octanol–water partition coefficient (Wildman–Crippen LogP) is -0.785. The number of rotatable bonds is 2. The first kappa shape index (κ1) is 13.5. The van der Waals surface area contributed by atoms with E-state index in [4.69, 9.17) is 24.8 Å². The Morgan fingerprint density at radius 3 is 2.61 bits per heavy atom. The SMILES string of the molecule is CC1(C)OC2O[C@H](CO)[C@](O)(N=[N+]=[N-])[C@H](O)[C@H]2O1. The highest BCUT2D eigenvalue weighted by molar-refractivity contribution is 5.03. The molecule has 0 amide bonds. The predicted molar refractivity (Wildman–Crippen MR) is 55.9 cm³/mol. The van der Waals surface area contributed by atoms with Gasteiger partial charge >= 0.3 is 0 Å². The molecule has 102 valence electrons. The first-order chi connectivity index (χ1) is 8.34. The van der Waals surface area contributed by atoms with Crippen LogP contribution < -0.4 is 0 Å². The van der Waals surface area contributed by atoms with Gasteiger partial charge in [0.05, 0.1) is 6.61 Å². The molecule has 2 aliphatic rings. The van der Waals surface area contributed by atoms with Crippen LogP contribution in [0.5, 0.6) is 0 Å². The van der Waals surface area contributed by atoms with Gasteiger partial charge < -0.3 is 29.5 Å². The van der Waals surface area contributed by atoms with E-state index in [2.05, 4.69) is 10.0 Å². The average molecular weight is 261 g/mol. The van der Waals surface area contributed by atoms with Crippen LogP contribution in [-0.4, -0.2) is 58.0 Å². The zero-order valence-electron chi connectivity index (χ0n) is 9.92. The van der Waals surface area contributed by atoms with Crippen LogP contribution in [0.2, 0.25) is 0 Å². The van der Waals surface area contributed by atoms with Crippen molar-refractivity contribution in [1.29, 1.82) is 0 Å². The topological polar surface area (TPSA) is 137 Å². The van der Waals surface area contributed by atoms with Crippen molar-refractivity contribution in [3.63, 3.8) is 0 Å². The minimum Gasteiger partial charge on any atom is -0.394 e. The number of fused-ring (bicyclic) bond motifs is 1. The second kappa shape index (κ2) is 4.32. The molecular weight excluding hydrogens is 246 g/mol. The zero-order chi connectivity index (χ0) is 13.6. The Bertz CT molecular complexity index is 384. The summed E-state index contributed by atoms with van der Waals surface area (Å²) in [5.41, 5.74) is 6.14. The second-order valence-electron chi connectivity index (χ2n) is 4.69. The molecule has 0 aromatic rings. The summed E-state index contributed by atoms with van der Waals surface area (Å²) in [4.78, 5) is 2.46. The summed E-state index contributed by atoms with van der Waals surface area (Å²) in [6.07, 6.45) is -4.80. The van der Waals surface area contributed by atoms with Crippen molar-refractivity contribution in [3.8, 4) is 0 Å². The first-order valence-electron chi connectivity index (χ1n) is 5.42. The van der Waals surface area contributed by atoms with Crippen molar-refractivity contribution in [2.75, 3.05) is 6.61 Å². The summed E-state index contributed by atoms with van der Waals surface area (Å²) in [5, 5.41) is 32.4. The summed E-state index contributed by atoms with van der Waals surface area (Å²) in [6.45, 7) is 2.59. The smallest absolute Gasteiger partial charge is 0.200 e. The van der Waals surface area contributed by atoms with Crippen molar-refractivity contribution in [2.45, 2.75) is 50.0 Å². The monoisotopic (exact) mass is 261 g/mol. The van der Waals surface area contributed by atoms with E-state index in [-0.39, 0.29) is 0 Å². The van der Waals surface area contributed by atoms with Crippen LogP contribution in [0.1, 0.15) is 13.8 Å². The first-order valence-corrected chi connectivity index (χ1v) is 5.42. The van der Waals surface area contributed by atoms with E-state index in [0.717, 1.165) is 0 Å². The van der Waals surface area contributed by atoms with E-state index in [1.165, 1.54) is 0 Å². The van der Waals surface area contributed by atoms with Gasteiger partial charge in [0.2, 0.25) is 5.72 Å². The van der Waals surface area contributed by atoms with E-state index in [9.17, 15) is 10.2 Å². The summed E-state index contributed by atoms with van der Waals surface area (Å²) in [5.74, 6) is -1.00. The lowest BCUT2D eigenvalue weighted by Gasteiger charge is -2.43. The van der Waals surface area contributed by atoms with E-state index < -0.39 is 42.7 Å². The van der Waals surface area contributed by atoms with Gasteiger partial charge in [0.15, 0.2) is 12.1 Å². The molecule has 2 aliphatic heterocycles. The minimum atomic E-state index is -2.30. The maximum atomic E-state index is 10.1. The minimum absolute atomic E-state index is 0.639. The van der Waals surface area contributed by atoms with E-state index >= 15 is 0 Å². The van der Waals surface area contributed by atoms with Gasteiger partial charge in [0.1, 0.15) is 18.3 Å². The fourth-order valence-corrected chi connectivity index (χ4v) is 2.14. The normalized spacial score (nSPS) is 46.3. The van der Waals surface area contributed by atoms with Crippen LogP contribution in [0.3, 0.4) is 0 Å². The molecule has 5 atom stereocenters. The number of nitrogens with zero attached hydrogens (tertiary/aromatic N) is 3. The second-order valence-corrected chi connectivity index (χ2v) is 4.69. The third-order valence-electron chi connectivity index (χ3n) is 2.98. The molecule has 0 aromatic carbocycles. The van der Waals surface area contributed by atoms with Gasteiger partial charge in [0, 0.05) is 4.91 Å². The van der Waals surface area contributed by atoms with Crippen LogP contribution in [0, 0.1) is 0 Å². The molecule has 0 saturated carbocycles. The van der Waals surface area contributed by atoms with Gasteiger partial charge in [-0.3, -0.25) is 0 Å². The molecule has 3 N–H and O–H groups in total. The molecule has 2 fully saturated rings. The maximum Gasteiger partial charge on any atom is 0.200 e. The number of azide groups is 1. The van der Waals surface area contributed by atoms with Crippen molar-refractivity contribution in [2.24, 2.45) is 5.11 Å². The number of hydrogen-bond donors (Lipinski definition) is 3. The van der Waals surface area contributed by atoms with Crippen molar-refractivity contribution < 1.29 is 29.5 Å². The molecule has 0 radical (unpaired) electrons. The van der Waals surface area contributed by atoms with Gasteiger partial charge in [-0.2, -0.15) is 0 Å². The summed E-state index contributed by atoms with van der Waals surface area (Å²) >= 11 is 0. The largest absolute Gasteiger partial charge is 0.394 e. The van der Waals surface area contributed by atoms with Gasteiger partial charge in [-0.15, -0.1) is 0 Å². The van der Waals surface area contributed by atoms with Gasteiger partial charge in [-0.05, 0) is 19.4 Å². The van der Waals surface area contributed by atoms with Crippen LogP contribution in [-0.2, 0) is 14.2 Å². The van der Waals surface area contributed by atoms with Crippen LogP contribution in [0.4, 0.5) is 0 Å². The molecule has 9 nitrogen and oxygen atoms in total. The molecule has 2 heterocycles. The number of aliphatic hydroxyl groups excluding tert-OH is 2. The Labute approximate surface area is 103 Å². The van der Waals surface area contributed by atoms with Gasteiger partial charge in [-0.1, -0.05) is 5.11 Å². The fourth-order valence-electron chi connectivity index (χ4n) is 2.14. The lowest BCUT2D eigenvalue weighted by molar-refractivity contribution is -0.292. The molecule has 0 bridgehead atoms. The molecule has 2 saturated heterocycles. The highest BCUT2D eigenvalue weighted by atomic mass is 16.8. The highest BCUT2D eigenvalue weighted by Gasteiger charge is 2.60. The number of ether oxygens (including phenoxy) is 3. The van der Waals surface area contributed by atoms with Crippen molar-refractivity contribution in [1.82, 2.24) is 0 Å². The Morgan fingerprint density at radius 1 is 1.39 bits per heavy atom. The lowest BCUT2D eigenvalue weighted by Crippen LogP contribution is -2.65. The summed E-state index contributed by atoms with van der Waals surface area (Å²) < 4.78 is 16.0. The molecule has 9 heteroatoms. The maximum absolute atomic E-state index is 10.1. The summed E-state index contributed by atoms with van der Waals surface area (Å²) in [6, 6.07) is 0. The Morgan fingerprint density at radius 2 is 2.06 bits per heavy atom. The van der Waals surface area contributed by atoms with Crippen molar-refractivity contribution in [3.05, 3.63) is 10.4 Å². The zero-order valence-corrected chi connectivity index (χ0v) is 9.92. The van der Waals surface area contributed by atoms with E-state index in [1.54, 1.807) is 13.8 Å². The summed E-state index contributed by atoms with van der Waals surface area (Å²) in [7, 11) is 0. The van der Waals surface area contributed by atoms with Gasteiger partial charge in [0.25, 0.3) is 0 Å². The highest BCUT2D eigenvalue weighted by Crippen LogP contribution is 2.40. The Hall–Kier alpha value is -0.930. The fraction of sp³-hybridized carbons (Fsp3) is 1.00. The third kappa shape index (κ3) is 1.95. The molecule has 2 rings (SSSR count). The Kier molecular flexibility index (Phi) is 3.24. The number of hydrogen-bond acceptors (Lipinski definition) is 7. The molecule has 0 spiro atoms. The van der Waals surface area contributed by atoms with E-state index in [1.807, 2.05) is 0 Å². The molecule has 18 heavy (non-hydrogen) atoms. The lowest BCUT2D eigenvalue weighted by atomic mass is 9.93. The molecule has 0 aromatic heterocycles. The van der Waals surface area contributed by atoms with Crippen LogP contribution in [0.25, 0.3) is 10.4 Å². The van der Waals surface area contributed by atoms with Crippen LogP contribution >= 0.6 is 0 Å². The van der Waals surface area contributed by atoms with Gasteiger partial charge in [-0.25, -0.2) is 0 Å². The van der Waals surface area contributed by atoms with Crippen molar-refractivity contribution >= 4 is 0 Å². The molecule has 0 aliphatic carbocycles. The average Bonchev–Trinajstić information content (AvgIpc) is 2.59. The van der Waals surface area contributed by atoms with E-state index in [0.29, 0.717) is 0 Å². The van der Waals surface area contributed by atoms with Crippen LogP contribution in [0.15, 0.2) is 5.11 Å². The standard InChI is InChI=1S/C9H15N3O6/c1-8(2)17-5-6(14)9(15,11-12-10)4(3-13)16-7(5)18-8/h4-7,13-15H,3H2,1-2H3/t4-,5-,6-,7?,9-/m1/s1.